The first-order valence-corrected chi connectivity index (χ1v) is 7.56. The molecule has 0 aromatic heterocycles. The van der Waals surface area contributed by atoms with Crippen molar-refractivity contribution in [2.24, 2.45) is 0 Å². The van der Waals surface area contributed by atoms with Gasteiger partial charge in [-0.15, -0.1) is 0 Å². The molecule has 1 N–H and O–H groups in total. The van der Waals surface area contributed by atoms with Gasteiger partial charge in [0.15, 0.2) is 0 Å². The molecule has 0 radical (unpaired) electrons. The minimum atomic E-state index is 0.203. The van der Waals surface area contributed by atoms with Gasteiger partial charge in [0.25, 0.3) is 0 Å². The number of nitrogens with one attached hydrogen (secondary N) is 1. The second-order valence-electron chi connectivity index (χ2n) is 5.87. The molecule has 0 saturated heterocycles. The van der Waals surface area contributed by atoms with Crippen molar-refractivity contribution in [2.45, 2.75) is 46.8 Å². The molecule has 2 nitrogen and oxygen atoms in total. The van der Waals surface area contributed by atoms with Crippen LogP contribution < -0.4 is 10.1 Å². The molecule has 2 aromatic carbocycles. The standard InChI is InChI=1S/C19H25NO/c1-13(2)21-17-10-11-19(15(4)12-17)20-16(5)18-9-7-6-8-14(18)3/h6-13,16,20H,1-5H3. The number of aryl methyl sites for hydroxylation is 2. The zero-order chi connectivity index (χ0) is 15.4. The van der Waals surface area contributed by atoms with E-state index in [-0.39, 0.29) is 12.1 Å². The minimum Gasteiger partial charge on any atom is -0.491 e. The largest absolute Gasteiger partial charge is 0.491 e. The molecule has 0 aliphatic heterocycles. The Balaban J connectivity index is 2.14. The Labute approximate surface area is 128 Å². The Kier molecular flexibility index (Phi) is 4.89. The second kappa shape index (κ2) is 6.66. The fourth-order valence-corrected chi connectivity index (χ4v) is 2.53. The Morgan fingerprint density at radius 1 is 0.905 bits per heavy atom. The summed E-state index contributed by atoms with van der Waals surface area (Å²) in [6, 6.07) is 15.0. The van der Waals surface area contributed by atoms with Gasteiger partial charge in [0, 0.05) is 11.7 Å². The number of anilines is 1. The third kappa shape index (κ3) is 4.01. The van der Waals surface area contributed by atoms with Gasteiger partial charge in [0.1, 0.15) is 5.75 Å². The van der Waals surface area contributed by atoms with Gasteiger partial charge in [0.05, 0.1) is 6.10 Å². The van der Waals surface area contributed by atoms with Crippen LogP contribution in [0.2, 0.25) is 0 Å². The van der Waals surface area contributed by atoms with Gasteiger partial charge in [-0.2, -0.15) is 0 Å². The van der Waals surface area contributed by atoms with Crippen LogP contribution in [-0.2, 0) is 0 Å². The highest BCUT2D eigenvalue weighted by Crippen LogP contribution is 2.27. The molecule has 2 rings (SSSR count). The number of hydrogen-bond acceptors (Lipinski definition) is 2. The van der Waals surface area contributed by atoms with E-state index in [0.717, 1.165) is 11.4 Å². The topological polar surface area (TPSA) is 21.3 Å². The third-order valence-electron chi connectivity index (χ3n) is 3.60. The fourth-order valence-electron chi connectivity index (χ4n) is 2.53. The van der Waals surface area contributed by atoms with Gasteiger partial charge in [0.2, 0.25) is 0 Å². The number of benzene rings is 2. The van der Waals surface area contributed by atoms with E-state index in [1.807, 2.05) is 19.9 Å². The molecule has 112 valence electrons. The first-order valence-electron chi connectivity index (χ1n) is 7.56. The van der Waals surface area contributed by atoms with Crippen LogP contribution >= 0.6 is 0 Å². The monoisotopic (exact) mass is 283 g/mol. The fraction of sp³-hybridized carbons (Fsp3) is 0.368. The van der Waals surface area contributed by atoms with Crippen molar-refractivity contribution in [1.82, 2.24) is 0 Å². The Morgan fingerprint density at radius 3 is 2.24 bits per heavy atom. The van der Waals surface area contributed by atoms with E-state index < -0.39 is 0 Å². The van der Waals surface area contributed by atoms with Crippen molar-refractivity contribution in [3.05, 3.63) is 59.2 Å². The van der Waals surface area contributed by atoms with E-state index in [0.29, 0.717) is 0 Å². The Morgan fingerprint density at radius 2 is 1.62 bits per heavy atom. The van der Waals surface area contributed by atoms with Crippen molar-refractivity contribution < 1.29 is 4.74 Å². The summed E-state index contributed by atoms with van der Waals surface area (Å²) >= 11 is 0. The van der Waals surface area contributed by atoms with Gasteiger partial charge in [-0.3, -0.25) is 0 Å². The summed E-state index contributed by atoms with van der Waals surface area (Å²) in [6.07, 6.45) is 0.203. The van der Waals surface area contributed by atoms with Gasteiger partial charge in [-0.05, 0) is 69.5 Å². The van der Waals surface area contributed by atoms with E-state index >= 15 is 0 Å². The van der Waals surface area contributed by atoms with Crippen molar-refractivity contribution in [1.29, 1.82) is 0 Å². The predicted molar refractivity (Wildman–Crippen MR) is 90.2 cm³/mol. The molecule has 0 heterocycles. The quantitative estimate of drug-likeness (QED) is 0.807. The molecule has 0 amide bonds. The van der Waals surface area contributed by atoms with E-state index in [1.165, 1.54) is 16.7 Å². The molecule has 2 heteroatoms. The SMILES string of the molecule is Cc1cc(OC(C)C)ccc1NC(C)c1ccccc1C. The summed E-state index contributed by atoms with van der Waals surface area (Å²) in [5, 5.41) is 3.59. The molecule has 0 fully saturated rings. The molecular weight excluding hydrogens is 258 g/mol. The highest BCUT2D eigenvalue weighted by Gasteiger charge is 2.09. The molecule has 0 aliphatic rings. The van der Waals surface area contributed by atoms with Crippen LogP contribution in [0.5, 0.6) is 5.75 Å². The maximum absolute atomic E-state index is 5.73. The minimum absolute atomic E-state index is 0.203. The van der Waals surface area contributed by atoms with Crippen molar-refractivity contribution >= 4 is 5.69 Å². The highest BCUT2D eigenvalue weighted by atomic mass is 16.5. The van der Waals surface area contributed by atoms with Crippen LogP contribution in [0.4, 0.5) is 5.69 Å². The number of ether oxygens (including phenoxy) is 1. The lowest BCUT2D eigenvalue weighted by molar-refractivity contribution is 0.242. The molecule has 0 bridgehead atoms. The van der Waals surface area contributed by atoms with E-state index in [1.54, 1.807) is 0 Å². The van der Waals surface area contributed by atoms with Gasteiger partial charge in [-0.1, -0.05) is 24.3 Å². The zero-order valence-electron chi connectivity index (χ0n) is 13.6. The molecule has 1 atom stereocenters. The Hall–Kier alpha value is -1.96. The van der Waals surface area contributed by atoms with Gasteiger partial charge in [-0.25, -0.2) is 0 Å². The van der Waals surface area contributed by atoms with Crippen LogP contribution in [0.15, 0.2) is 42.5 Å². The molecule has 1 unspecified atom stereocenters. The van der Waals surface area contributed by atoms with Crippen molar-refractivity contribution in [2.75, 3.05) is 5.32 Å². The summed E-state index contributed by atoms with van der Waals surface area (Å²) in [6.45, 7) is 10.5. The summed E-state index contributed by atoms with van der Waals surface area (Å²) in [7, 11) is 0. The van der Waals surface area contributed by atoms with Crippen molar-refractivity contribution in [3.8, 4) is 5.75 Å². The maximum Gasteiger partial charge on any atom is 0.120 e. The highest BCUT2D eigenvalue weighted by molar-refractivity contribution is 5.55. The summed E-state index contributed by atoms with van der Waals surface area (Å²) in [5.41, 5.74) is 5.00. The molecule has 0 aliphatic carbocycles. The lowest BCUT2D eigenvalue weighted by Gasteiger charge is -2.20. The lowest BCUT2D eigenvalue weighted by Crippen LogP contribution is -2.10. The number of rotatable bonds is 5. The molecule has 2 aromatic rings. The maximum atomic E-state index is 5.73. The van der Waals surface area contributed by atoms with E-state index in [4.69, 9.17) is 4.74 Å². The smallest absolute Gasteiger partial charge is 0.120 e. The average molecular weight is 283 g/mol. The lowest BCUT2D eigenvalue weighted by atomic mass is 10.0. The van der Waals surface area contributed by atoms with Crippen LogP contribution in [0, 0.1) is 13.8 Å². The van der Waals surface area contributed by atoms with Crippen LogP contribution in [0.3, 0.4) is 0 Å². The first-order chi connectivity index (χ1) is 9.97. The molecule has 0 saturated carbocycles. The van der Waals surface area contributed by atoms with Gasteiger partial charge >= 0.3 is 0 Å². The normalized spacial score (nSPS) is 12.3. The summed E-state index contributed by atoms with van der Waals surface area (Å²) in [4.78, 5) is 0. The predicted octanol–water partition coefficient (Wildman–Crippen LogP) is 5.26. The zero-order valence-corrected chi connectivity index (χ0v) is 13.6. The first kappa shape index (κ1) is 15.4. The molecule has 0 spiro atoms. The van der Waals surface area contributed by atoms with E-state index in [2.05, 4.69) is 62.5 Å². The van der Waals surface area contributed by atoms with Gasteiger partial charge < -0.3 is 10.1 Å². The van der Waals surface area contributed by atoms with Crippen LogP contribution in [0.1, 0.15) is 43.5 Å². The van der Waals surface area contributed by atoms with Crippen LogP contribution in [-0.4, -0.2) is 6.10 Å². The molecular formula is C19H25NO. The Bertz CT molecular complexity index is 604. The number of hydrogen-bond donors (Lipinski definition) is 1. The van der Waals surface area contributed by atoms with E-state index in [9.17, 15) is 0 Å². The van der Waals surface area contributed by atoms with Crippen molar-refractivity contribution in [3.63, 3.8) is 0 Å². The summed E-state index contributed by atoms with van der Waals surface area (Å²) in [5.74, 6) is 0.927. The average Bonchev–Trinajstić information content (AvgIpc) is 2.41. The second-order valence-corrected chi connectivity index (χ2v) is 5.87. The third-order valence-corrected chi connectivity index (χ3v) is 3.60. The van der Waals surface area contributed by atoms with Crippen LogP contribution in [0.25, 0.3) is 0 Å². The molecule has 21 heavy (non-hydrogen) atoms. The summed E-state index contributed by atoms with van der Waals surface area (Å²) < 4.78 is 5.73.